The van der Waals surface area contributed by atoms with Gasteiger partial charge in [0.05, 0.1) is 24.2 Å². The van der Waals surface area contributed by atoms with Gasteiger partial charge in [-0.2, -0.15) is 0 Å². The summed E-state index contributed by atoms with van der Waals surface area (Å²) in [6.45, 7) is 0.720. The van der Waals surface area contributed by atoms with Gasteiger partial charge in [-0.05, 0) is 47.5 Å². The van der Waals surface area contributed by atoms with Crippen LogP contribution in [0, 0.1) is 0 Å². The van der Waals surface area contributed by atoms with Crippen molar-refractivity contribution in [1.29, 1.82) is 0 Å². The van der Waals surface area contributed by atoms with Crippen LogP contribution in [0.1, 0.15) is 21.5 Å². The summed E-state index contributed by atoms with van der Waals surface area (Å²) in [6.07, 6.45) is 1.66. The lowest BCUT2D eigenvalue weighted by Crippen LogP contribution is -2.31. The molecule has 0 radical (unpaired) electrons. The Morgan fingerprint density at radius 2 is 1.64 bits per heavy atom. The molecule has 166 valence electrons. The monoisotopic (exact) mass is 458 g/mol. The van der Waals surface area contributed by atoms with E-state index in [0.717, 1.165) is 11.1 Å². The second-order valence-electron chi connectivity index (χ2n) is 7.32. The fourth-order valence-corrected chi connectivity index (χ4v) is 3.61. The smallest absolute Gasteiger partial charge is 0.261 e. The number of carbonyl (C=O) groups is 1. The third kappa shape index (κ3) is 5.51. The molecule has 0 fully saturated rings. The van der Waals surface area contributed by atoms with Gasteiger partial charge in [-0.3, -0.25) is 9.69 Å². The van der Waals surface area contributed by atoms with E-state index in [1.165, 1.54) is 0 Å². The molecule has 6 heteroatoms. The van der Waals surface area contributed by atoms with Gasteiger partial charge in [0.2, 0.25) is 0 Å². The van der Waals surface area contributed by atoms with Gasteiger partial charge in [0.15, 0.2) is 11.5 Å². The molecule has 0 saturated heterocycles. The summed E-state index contributed by atoms with van der Waals surface area (Å²) in [7, 11) is 1.60. The van der Waals surface area contributed by atoms with Crippen molar-refractivity contribution in [1.82, 2.24) is 4.98 Å². The van der Waals surface area contributed by atoms with E-state index in [0.29, 0.717) is 34.5 Å². The number of pyridine rings is 1. The minimum absolute atomic E-state index is 0.234. The van der Waals surface area contributed by atoms with Crippen LogP contribution in [0.4, 0.5) is 5.82 Å². The second-order valence-corrected chi connectivity index (χ2v) is 7.73. The van der Waals surface area contributed by atoms with Crippen molar-refractivity contribution < 1.29 is 14.3 Å². The van der Waals surface area contributed by atoms with Crippen molar-refractivity contribution >= 4 is 23.3 Å². The molecule has 4 rings (SSSR count). The van der Waals surface area contributed by atoms with Crippen molar-refractivity contribution in [2.24, 2.45) is 0 Å². The summed E-state index contributed by atoms with van der Waals surface area (Å²) in [6, 6.07) is 28.0. The van der Waals surface area contributed by atoms with Crippen LogP contribution in [-0.4, -0.2) is 18.0 Å². The molecule has 4 aromatic rings. The molecule has 3 aromatic carbocycles. The second kappa shape index (κ2) is 10.7. The van der Waals surface area contributed by atoms with Crippen molar-refractivity contribution in [3.8, 4) is 11.5 Å². The van der Waals surface area contributed by atoms with Crippen molar-refractivity contribution in [2.75, 3.05) is 12.0 Å². The number of nitrogens with zero attached hydrogens (tertiary/aromatic N) is 2. The van der Waals surface area contributed by atoms with E-state index in [1.54, 1.807) is 48.5 Å². The van der Waals surface area contributed by atoms with Crippen LogP contribution in [0.2, 0.25) is 5.02 Å². The van der Waals surface area contributed by atoms with Gasteiger partial charge >= 0.3 is 0 Å². The van der Waals surface area contributed by atoms with Gasteiger partial charge in [-0.15, -0.1) is 0 Å². The molecule has 0 bridgehead atoms. The fraction of sp³-hybridized carbons (Fsp3) is 0.111. The summed E-state index contributed by atoms with van der Waals surface area (Å²) < 4.78 is 11.5. The van der Waals surface area contributed by atoms with E-state index >= 15 is 0 Å². The summed E-state index contributed by atoms with van der Waals surface area (Å²) in [4.78, 5) is 19.4. The van der Waals surface area contributed by atoms with Crippen LogP contribution in [0.25, 0.3) is 0 Å². The van der Waals surface area contributed by atoms with Crippen molar-refractivity contribution in [2.45, 2.75) is 13.2 Å². The molecule has 0 saturated carbocycles. The Morgan fingerprint density at radius 1 is 0.879 bits per heavy atom. The molecule has 0 aliphatic carbocycles. The molecule has 0 atom stereocenters. The predicted molar refractivity (Wildman–Crippen MR) is 130 cm³/mol. The summed E-state index contributed by atoms with van der Waals surface area (Å²) in [5, 5.41) is 0.394. The minimum Gasteiger partial charge on any atom is -0.493 e. The molecule has 1 heterocycles. The van der Waals surface area contributed by atoms with Crippen molar-refractivity contribution in [3.63, 3.8) is 0 Å². The van der Waals surface area contributed by atoms with Crippen LogP contribution >= 0.6 is 11.6 Å². The van der Waals surface area contributed by atoms with Crippen LogP contribution in [0.15, 0.2) is 97.2 Å². The third-order valence-electron chi connectivity index (χ3n) is 5.08. The summed E-state index contributed by atoms with van der Waals surface area (Å²) >= 11 is 6.30. The molecule has 1 aromatic heterocycles. The Labute approximate surface area is 198 Å². The maximum absolute atomic E-state index is 13.4. The standard InChI is InChI=1S/C27H23ClN2O3/c1-32-25-17-21(14-15-24(25)33-19-20-9-3-2-4-10-20)18-30(26-13-7-8-16-29-26)27(31)22-11-5-6-12-23(22)28/h2-17H,18-19H2,1H3. The van der Waals surface area contributed by atoms with Gasteiger partial charge in [-0.1, -0.05) is 66.2 Å². The zero-order chi connectivity index (χ0) is 23.0. The number of benzene rings is 3. The van der Waals surface area contributed by atoms with Gasteiger partial charge in [0, 0.05) is 6.20 Å². The number of hydrogen-bond donors (Lipinski definition) is 0. The summed E-state index contributed by atoms with van der Waals surface area (Å²) in [5.41, 5.74) is 2.35. The van der Waals surface area contributed by atoms with Gasteiger partial charge in [0.1, 0.15) is 12.4 Å². The lowest BCUT2D eigenvalue weighted by molar-refractivity contribution is 0.0984. The van der Waals surface area contributed by atoms with E-state index in [4.69, 9.17) is 21.1 Å². The molecular formula is C27H23ClN2O3. The first-order valence-electron chi connectivity index (χ1n) is 10.5. The van der Waals surface area contributed by atoms with E-state index < -0.39 is 0 Å². The van der Waals surface area contributed by atoms with E-state index in [2.05, 4.69) is 4.98 Å². The number of aromatic nitrogens is 1. The third-order valence-corrected chi connectivity index (χ3v) is 5.41. The van der Waals surface area contributed by atoms with Crippen LogP contribution in [0.3, 0.4) is 0 Å². The zero-order valence-corrected chi connectivity index (χ0v) is 18.9. The molecular weight excluding hydrogens is 436 g/mol. The highest BCUT2D eigenvalue weighted by Crippen LogP contribution is 2.30. The van der Waals surface area contributed by atoms with Gasteiger partial charge in [0.25, 0.3) is 5.91 Å². The molecule has 1 amide bonds. The molecule has 0 spiro atoms. The first-order chi connectivity index (χ1) is 16.2. The summed E-state index contributed by atoms with van der Waals surface area (Å²) in [5.74, 6) is 1.52. The minimum atomic E-state index is -0.234. The Balaban J connectivity index is 1.59. The number of anilines is 1. The maximum atomic E-state index is 13.4. The highest BCUT2D eigenvalue weighted by Gasteiger charge is 2.22. The van der Waals surface area contributed by atoms with Gasteiger partial charge in [-0.25, -0.2) is 4.98 Å². The quantitative estimate of drug-likeness (QED) is 0.317. The molecule has 0 aliphatic heterocycles. The SMILES string of the molecule is COc1cc(CN(C(=O)c2ccccc2Cl)c2ccccn2)ccc1OCc1ccccc1. The van der Waals surface area contributed by atoms with Crippen LogP contribution in [-0.2, 0) is 13.2 Å². The normalized spacial score (nSPS) is 10.5. The van der Waals surface area contributed by atoms with Crippen molar-refractivity contribution in [3.05, 3.63) is 119 Å². The largest absolute Gasteiger partial charge is 0.493 e. The number of amides is 1. The number of rotatable bonds is 8. The molecule has 0 N–H and O–H groups in total. The van der Waals surface area contributed by atoms with Gasteiger partial charge < -0.3 is 9.47 Å². The fourth-order valence-electron chi connectivity index (χ4n) is 3.40. The number of halogens is 1. The highest BCUT2D eigenvalue weighted by atomic mass is 35.5. The molecule has 0 aliphatic rings. The Bertz CT molecular complexity index is 1220. The Kier molecular flexibility index (Phi) is 7.22. The first-order valence-corrected chi connectivity index (χ1v) is 10.8. The number of hydrogen-bond acceptors (Lipinski definition) is 4. The molecule has 5 nitrogen and oxygen atoms in total. The van der Waals surface area contributed by atoms with Crippen LogP contribution in [0.5, 0.6) is 11.5 Å². The number of methoxy groups -OCH3 is 1. The lowest BCUT2D eigenvalue weighted by atomic mass is 10.1. The Hall–Kier alpha value is -3.83. The van der Waals surface area contributed by atoms with Crippen LogP contribution < -0.4 is 14.4 Å². The maximum Gasteiger partial charge on any atom is 0.261 e. The molecule has 33 heavy (non-hydrogen) atoms. The van der Waals surface area contributed by atoms with E-state index in [1.807, 2.05) is 60.7 Å². The number of carbonyl (C=O) groups excluding carboxylic acids is 1. The predicted octanol–water partition coefficient (Wildman–Crippen LogP) is 6.17. The average Bonchev–Trinajstić information content (AvgIpc) is 2.87. The lowest BCUT2D eigenvalue weighted by Gasteiger charge is -2.23. The zero-order valence-electron chi connectivity index (χ0n) is 18.1. The number of ether oxygens (including phenoxy) is 2. The average molecular weight is 459 g/mol. The molecule has 0 unspecified atom stereocenters. The first kappa shape index (κ1) is 22.4. The highest BCUT2D eigenvalue weighted by molar-refractivity contribution is 6.34. The topological polar surface area (TPSA) is 51.7 Å². The van der Waals surface area contributed by atoms with E-state index in [-0.39, 0.29) is 12.5 Å². The van der Waals surface area contributed by atoms with E-state index in [9.17, 15) is 4.79 Å². The Morgan fingerprint density at radius 3 is 2.36 bits per heavy atom.